The van der Waals surface area contributed by atoms with Gasteiger partial charge in [0.15, 0.2) is 6.10 Å². The number of fused-ring (bicyclic) bond motifs is 1. The van der Waals surface area contributed by atoms with E-state index in [1.165, 1.54) is 11.0 Å². The first-order chi connectivity index (χ1) is 20.7. The molecule has 0 aromatic carbocycles. The molecule has 2 fully saturated rings. The molecule has 45 heavy (non-hydrogen) atoms. The van der Waals surface area contributed by atoms with Crippen molar-refractivity contribution in [2.24, 2.45) is 22.7 Å². The van der Waals surface area contributed by atoms with Crippen molar-refractivity contribution in [1.29, 1.82) is 0 Å². The van der Waals surface area contributed by atoms with E-state index in [-0.39, 0.29) is 36.8 Å². The van der Waals surface area contributed by atoms with Crippen molar-refractivity contribution in [3.05, 3.63) is 24.3 Å². The van der Waals surface area contributed by atoms with Crippen LogP contribution in [0, 0.1) is 22.7 Å². The number of hydrogen-bond acceptors (Lipinski definition) is 8. The van der Waals surface area contributed by atoms with E-state index in [0.29, 0.717) is 18.5 Å². The molecule has 0 aromatic rings. The first kappa shape index (κ1) is 37.8. The number of amides is 4. The van der Waals surface area contributed by atoms with Crippen molar-refractivity contribution in [3.63, 3.8) is 0 Å². The molecule has 0 bridgehead atoms. The van der Waals surface area contributed by atoms with Gasteiger partial charge in [-0.25, -0.2) is 9.59 Å². The van der Waals surface area contributed by atoms with Gasteiger partial charge in [0.05, 0.1) is 12.6 Å². The number of aliphatic hydroxyl groups is 1. The number of piperidine rings is 1. The SMILES string of the molecule is C=CCCC(NC(=O)[C@@H]1[C@@H]2[C@H](CN1C(=O)[C@@H](NC(=O)OC(C)(C)C)C(C)(C)C)C2(C)C)C(O)C(=O)NC/C=C(\C)C(=O)OCC. The number of ether oxygens (including phenoxy) is 2. The molecule has 2 aliphatic rings. The minimum atomic E-state index is -1.60. The number of hydrogen-bond donors (Lipinski definition) is 4. The number of allylic oxidation sites excluding steroid dienone is 1. The molecule has 6 atom stereocenters. The summed E-state index contributed by atoms with van der Waals surface area (Å²) in [6.45, 7) is 22.3. The Kier molecular flexibility index (Phi) is 12.4. The number of alkyl carbamates (subject to hydrolysis) is 1. The summed E-state index contributed by atoms with van der Waals surface area (Å²) in [5.41, 5.74) is -1.34. The molecule has 4 N–H and O–H groups in total. The highest BCUT2D eigenvalue weighted by molar-refractivity contribution is 5.94. The predicted octanol–water partition coefficient (Wildman–Crippen LogP) is 2.85. The van der Waals surface area contributed by atoms with Crippen LogP contribution in [0.3, 0.4) is 0 Å². The van der Waals surface area contributed by atoms with E-state index in [0.717, 1.165) is 0 Å². The molecule has 254 valence electrons. The van der Waals surface area contributed by atoms with Crippen LogP contribution in [-0.4, -0.2) is 89.3 Å². The van der Waals surface area contributed by atoms with Crippen LogP contribution in [-0.2, 0) is 28.7 Å². The van der Waals surface area contributed by atoms with Crippen LogP contribution in [0.4, 0.5) is 4.79 Å². The lowest BCUT2D eigenvalue weighted by Crippen LogP contribution is -2.61. The van der Waals surface area contributed by atoms with Gasteiger partial charge in [-0.3, -0.25) is 14.4 Å². The lowest BCUT2D eigenvalue weighted by atomic mass is 9.85. The summed E-state index contributed by atoms with van der Waals surface area (Å²) in [5, 5.41) is 19.1. The predicted molar refractivity (Wildman–Crippen MR) is 170 cm³/mol. The average Bonchev–Trinajstić information content (AvgIpc) is 3.23. The van der Waals surface area contributed by atoms with Gasteiger partial charge in [-0.1, -0.05) is 46.8 Å². The number of nitrogens with one attached hydrogen (secondary N) is 3. The molecule has 0 radical (unpaired) electrons. The summed E-state index contributed by atoms with van der Waals surface area (Å²) in [5.74, 6) is -2.17. The summed E-state index contributed by atoms with van der Waals surface area (Å²) in [7, 11) is 0. The van der Waals surface area contributed by atoms with Gasteiger partial charge >= 0.3 is 12.1 Å². The summed E-state index contributed by atoms with van der Waals surface area (Å²) in [6, 6.07) is -2.80. The second kappa shape index (κ2) is 14.8. The average molecular weight is 635 g/mol. The maximum atomic E-state index is 14.1. The maximum absolute atomic E-state index is 14.1. The lowest BCUT2D eigenvalue weighted by molar-refractivity contribution is -0.145. The molecule has 2 unspecified atom stereocenters. The quantitative estimate of drug-likeness (QED) is 0.137. The third kappa shape index (κ3) is 9.79. The van der Waals surface area contributed by atoms with E-state index >= 15 is 0 Å². The van der Waals surface area contributed by atoms with E-state index in [2.05, 4.69) is 22.5 Å². The van der Waals surface area contributed by atoms with Gasteiger partial charge < -0.3 is 35.4 Å². The van der Waals surface area contributed by atoms with Crippen LogP contribution in [0.5, 0.6) is 0 Å². The van der Waals surface area contributed by atoms with Crippen molar-refractivity contribution in [1.82, 2.24) is 20.9 Å². The molecule has 12 heteroatoms. The van der Waals surface area contributed by atoms with Crippen molar-refractivity contribution >= 4 is 29.8 Å². The monoisotopic (exact) mass is 634 g/mol. The van der Waals surface area contributed by atoms with Gasteiger partial charge in [0.1, 0.15) is 17.7 Å². The fourth-order valence-corrected chi connectivity index (χ4v) is 5.85. The Bertz CT molecular complexity index is 1170. The van der Waals surface area contributed by atoms with Gasteiger partial charge in [0.25, 0.3) is 5.91 Å². The molecule has 12 nitrogen and oxygen atoms in total. The fourth-order valence-electron chi connectivity index (χ4n) is 5.85. The summed E-state index contributed by atoms with van der Waals surface area (Å²) in [4.78, 5) is 66.9. The molecule has 1 heterocycles. The topological polar surface area (TPSA) is 163 Å². The van der Waals surface area contributed by atoms with Crippen molar-refractivity contribution in [2.45, 2.75) is 112 Å². The molecule has 0 aromatic heterocycles. The molecular formula is C33H54N4O8. The van der Waals surface area contributed by atoms with Gasteiger partial charge in [0.2, 0.25) is 11.8 Å². The highest BCUT2D eigenvalue weighted by atomic mass is 16.6. The molecule has 1 aliphatic heterocycles. The smallest absolute Gasteiger partial charge is 0.408 e. The Morgan fingerprint density at radius 2 is 1.71 bits per heavy atom. The first-order valence-corrected chi connectivity index (χ1v) is 15.7. The number of carbonyl (C=O) groups is 5. The van der Waals surface area contributed by atoms with Crippen molar-refractivity contribution < 1.29 is 38.6 Å². The van der Waals surface area contributed by atoms with Crippen LogP contribution < -0.4 is 16.0 Å². The summed E-state index contributed by atoms with van der Waals surface area (Å²) < 4.78 is 10.3. The molecule has 0 spiro atoms. The molecule has 4 amide bonds. The maximum Gasteiger partial charge on any atom is 0.408 e. The van der Waals surface area contributed by atoms with Crippen molar-refractivity contribution in [2.75, 3.05) is 19.7 Å². The Hall–Kier alpha value is -3.41. The molecular weight excluding hydrogens is 580 g/mol. The number of carbonyl (C=O) groups excluding carboxylic acids is 5. The van der Waals surface area contributed by atoms with Crippen LogP contribution in [0.25, 0.3) is 0 Å². The van der Waals surface area contributed by atoms with Crippen molar-refractivity contribution in [3.8, 4) is 0 Å². The third-order valence-electron chi connectivity index (χ3n) is 8.48. The Labute approximate surface area is 267 Å². The highest BCUT2D eigenvalue weighted by Crippen LogP contribution is 2.65. The highest BCUT2D eigenvalue weighted by Gasteiger charge is 2.70. The minimum absolute atomic E-state index is 0.0235. The molecule has 1 aliphatic carbocycles. The lowest BCUT2D eigenvalue weighted by Gasteiger charge is -2.38. The van der Waals surface area contributed by atoms with Crippen LogP contribution >= 0.6 is 0 Å². The normalized spacial score (nSPS) is 22.7. The van der Waals surface area contributed by atoms with Gasteiger partial charge in [-0.15, -0.1) is 6.58 Å². The summed E-state index contributed by atoms with van der Waals surface area (Å²) >= 11 is 0. The molecule has 1 saturated heterocycles. The standard InChI is InChI=1S/C33H54N4O8/c1-12-14-15-21(24(38)27(40)34-17-16-19(3)29(42)44-13-2)35-26(39)23-22-20(33(22,10)11)18-37(23)28(41)25(31(4,5)6)36-30(43)45-32(7,8)9/h12,16,20-25,38H,1,13-15,17-18H2,2-11H3,(H,34,40)(H,35,39)(H,36,43)/b19-16+/t20-,21?,22-,23-,24?,25+/m0/s1. The van der Waals surface area contributed by atoms with E-state index < -0.39 is 65.0 Å². The summed E-state index contributed by atoms with van der Waals surface area (Å²) in [6.07, 6.45) is 1.41. The van der Waals surface area contributed by atoms with E-state index in [1.807, 2.05) is 34.6 Å². The number of rotatable bonds is 13. The number of aliphatic hydroxyl groups excluding tert-OH is 1. The number of likely N-dealkylation sites (tertiary alicyclic amines) is 1. The van der Waals surface area contributed by atoms with Crippen LogP contribution in [0.15, 0.2) is 24.3 Å². The van der Waals surface area contributed by atoms with E-state index in [4.69, 9.17) is 9.47 Å². The zero-order valence-electron chi connectivity index (χ0n) is 28.6. The zero-order valence-corrected chi connectivity index (χ0v) is 28.6. The van der Waals surface area contributed by atoms with Gasteiger partial charge in [-0.2, -0.15) is 0 Å². The Morgan fingerprint density at radius 1 is 1.09 bits per heavy atom. The molecule has 2 rings (SSSR count). The number of esters is 1. The van der Waals surface area contributed by atoms with Gasteiger partial charge in [-0.05, 0) is 70.1 Å². The molecule has 1 saturated carbocycles. The second-order valence-electron chi connectivity index (χ2n) is 14.6. The van der Waals surface area contributed by atoms with Gasteiger partial charge in [0, 0.05) is 18.7 Å². The largest absolute Gasteiger partial charge is 0.463 e. The first-order valence-electron chi connectivity index (χ1n) is 15.7. The van der Waals surface area contributed by atoms with E-state index in [1.54, 1.807) is 40.7 Å². The van der Waals surface area contributed by atoms with E-state index in [9.17, 15) is 29.1 Å². The second-order valence-corrected chi connectivity index (χ2v) is 14.6. The minimum Gasteiger partial charge on any atom is -0.463 e. The number of nitrogens with zero attached hydrogens (tertiary/aromatic N) is 1. The Balaban J connectivity index is 2.26. The van der Waals surface area contributed by atoms with Crippen LogP contribution in [0.1, 0.15) is 82.1 Å². The fraction of sp³-hybridized carbons (Fsp3) is 0.727. The zero-order chi connectivity index (χ0) is 34.5. The van der Waals surface area contributed by atoms with Crippen LogP contribution in [0.2, 0.25) is 0 Å². The Morgan fingerprint density at radius 3 is 2.24 bits per heavy atom. The third-order valence-corrected chi connectivity index (χ3v) is 8.48.